The molecule has 2 aromatic rings. The molecule has 0 saturated carbocycles. The Balaban J connectivity index is 1.46. The van der Waals surface area contributed by atoms with Gasteiger partial charge in [0.15, 0.2) is 0 Å². The van der Waals surface area contributed by atoms with Crippen LogP contribution in [0.25, 0.3) is 0 Å². The number of hydrogen-bond acceptors (Lipinski definition) is 5. The fraction of sp³-hybridized carbons (Fsp3) is 0.500. The van der Waals surface area contributed by atoms with Crippen molar-refractivity contribution < 1.29 is 19.0 Å². The average molecular weight is 439 g/mol. The van der Waals surface area contributed by atoms with Crippen molar-refractivity contribution in [3.8, 4) is 5.75 Å². The smallest absolute Gasteiger partial charge is 0.254 e. The van der Waals surface area contributed by atoms with Gasteiger partial charge in [0.2, 0.25) is 0 Å². The number of ether oxygens (including phenoxy) is 3. The Morgan fingerprint density at radius 3 is 2.38 bits per heavy atom. The Kier molecular flexibility index (Phi) is 7.66. The van der Waals surface area contributed by atoms with Gasteiger partial charge < -0.3 is 24.0 Å². The third-order valence-electron chi connectivity index (χ3n) is 6.10. The van der Waals surface area contributed by atoms with E-state index in [4.69, 9.17) is 14.2 Å². The van der Waals surface area contributed by atoms with Gasteiger partial charge in [0, 0.05) is 51.6 Å². The van der Waals surface area contributed by atoms with Crippen molar-refractivity contribution in [1.29, 1.82) is 0 Å². The SMILES string of the molecule is CN(C)c1ccc(CN(CC2CCCO2)C(=O)c2cccc(OCC3CCCO3)c2)cc1. The minimum Gasteiger partial charge on any atom is -0.491 e. The number of carbonyl (C=O) groups is 1. The van der Waals surface area contributed by atoms with E-state index in [-0.39, 0.29) is 18.1 Å². The van der Waals surface area contributed by atoms with Crippen LogP contribution in [0, 0.1) is 0 Å². The van der Waals surface area contributed by atoms with Crippen LogP contribution in [0.15, 0.2) is 48.5 Å². The van der Waals surface area contributed by atoms with E-state index in [0.29, 0.717) is 31.0 Å². The van der Waals surface area contributed by atoms with E-state index < -0.39 is 0 Å². The molecule has 0 N–H and O–H groups in total. The van der Waals surface area contributed by atoms with Crippen molar-refractivity contribution in [1.82, 2.24) is 4.90 Å². The molecular weight excluding hydrogens is 404 g/mol. The lowest BCUT2D eigenvalue weighted by Crippen LogP contribution is -2.37. The highest BCUT2D eigenvalue weighted by Crippen LogP contribution is 2.22. The summed E-state index contributed by atoms with van der Waals surface area (Å²) < 4.78 is 17.4. The van der Waals surface area contributed by atoms with Gasteiger partial charge in [-0.1, -0.05) is 18.2 Å². The topological polar surface area (TPSA) is 51.2 Å². The molecule has 0 radical (unpaired) electrons. The van der Waals surface area contributed by atoms with E-state index in [1.54, 1.807) is 0 Å². The van der Waals surface area contributed by atoms with Crippen molar-refractivity contribution in [3.63, 3.8) is 0 Å². The predicted molar refractivity (Wildman–Crippen MR) is 125 cm³/mol. The molecule has 2 saturated heterocycles. The number of rotatable bonds is 9. The maximum atomic E-state index is 13.5. The minimum absolute atomic E-state index is 0.000229. The lowest BCUT2D eigenvalue weighted by molar-refractivity contribution is 0.0506. The molecule has 2 heterocycles. The Hall–Kier alpha value is -2.57. The van der Waals surface area contributed by atoms with Crippen molar-refractivity contribution >= 4 is 11.6 Å². The molecular formula is C26H34N2O4. The van der Waals surface area contributed by atoms with Crippen LogP contribution in [0.2, 0.25) is 0 Å². The first-order valence-corrected chi connectivity index (χ1v) is 11.6. The molecule has 2 aliphatic rings. The van der Waals surface area contributed by atoms with E-state index in [2.05, 4.69) is 29.2 Å². The summed E-state index contributed by atoms with van der Waals surface area (Å²) in [6.45, 7) is 3.25. The normalized spacial score (nSPS) is 20.3. The van der Waals surface area contributed by atoms with Crippen LogP contribution >= 0.6 is 0 Å². The summed E-state index contributed by atoms with van der Waals surface area (Å²) in [6.07, 6.45) is 4.40. The van der Waals surface area contributed by atoms with Gasteiger partial charge in [-0.25, -0.2) is 0 Å². The van der Waals surface area contributed by atoms with Gasteiger partial charge in [-0.3, -0.25) is 4.79 Å². The first-order chi connectivity index (χ1) is 15.6. The van der Waals surface area contributed by atoms with Crippen molar-refractivity contribution in [2.75, 3.05) is 45.4 Å². The summed E-state index contributed by atoms with van der Waals surface area (Å²) in [5, 5.41) is 0. The highest BCUT2D eigenvalue weighted by molar-refractivity contribution is 5.94. The van der Waals surface area contributed by atoms with Gasteiger partial charge in [-0.2, -0.15) is 0 Å². The van der Waals surface area contributed by atoms with Gasteiger partial charge in [-0.15, -0.1) is 0 Å². The number of hydrogen-bond donors (Lipinski definition) is 0. The standard InChI is InChI=1S/C26H34N2O4/c1-27(2)22-12-10-20(11-13-22)17-28(18-24-8-4-14-30-24)26(29)21-6-3-7-23(16-21)32-19-25-9-5-15-31-25/h3,6-7,10-13,16,24-25H,4-5,8-9,14-15,17-19H2,1-2H3. The molecule has 6 heteroatoms. The summed E-state index contributed by atoms with van der Waals surface area (Å²) in [5.41, 5.74) is 2.88. The zero-order chi connectivity index (χ0) is 22.3. The second-order valence-electron chi connectivity index (χ2n) is 8.86. The van der Waals surface area contributed by atoms with E-state index in [1.165, 1.54) is 0 Å². The zero-order valence-electron chi connectivity index (χ0n) is 19.2. The molecule has 2 unspecified atom stereocenters. The number of nitrogens with zero attached hydrogens (tertiary/aromatic N) is 2. The third-order valence-corrected chi connectivity index (χ3v) is 6.10. The third kappa shape index (κ3) is 6.02. The molecule has 4 rings (SSSR count). The van der Waals surface area contributed by atoms with Gasteiger partial charge >= 0.3 is 0 Å². The average Bonchev–Trinajstić information content (AvgIpc) is 3.52. The maximum absolute atomic E-state index is 13.5. The van der Waals surface area contributed by atoms with E-state index in [1.807, 2.05) is 43.3 Å². The predicted octanol–water partition coefficient (Wildman–Crippen LogP) is 4.13. The summed E-state index contributed by atoms with van der Waals surface area (Å²) >= 11 is 0. The van der Waals surface area contributed by atoms with Gasteiger partial charge in [0.1, 0.15) is 12.4 Å². The molecule has 172 valence electrons. The molecule has 6 nitrogen and oxygen atoms in total. The Morgan fingerprint density at radius 2 is 1.72 bits per heavy atom. The molecule has 2 atom stereocenters. The fourth-order valence-electron chi connectivity index (χ4n) is 4.24. The first kappa shape index (κ1) is 22.6. The second kappa shape index (κ2) is 10.8. The molecule has 32 heavy (non-hydrogen) atoms. The van der Waals surface area contributed by atoms with Crippen LogP contribution in [0.1, 0.15) is 41.6 Å². The quantitative estimate of drug-likeness (QED) is 0.589. The van der Waals surface area contributed by atoms with Crippen molar-refractivity contribution in [2.45, 2.75) is 44.4 Å². The number of benzene rings is 2. The highest BCUT2D eigenvalue weighted by Gasteiger charge is 2.24. The number of carbonyl (C=O) groups excluding carboxylic acids is 1. The van der Waals surface area contributed by atoms with Crippen LogP contribution in [-0.4, -0.2) is 63.5 Å². The Labute approximate surface area is 191 Å². The number of anilines is 1. The highest BCUT2D eigenvalue weighted by atomic mass is 16.5. The Bertz CT molecular complexity index is 872. The molecule has 2 aliphatic heterocycles. The van der Waals surface area contributed by atoms with Crippen molar-refractivity contribution in [2.24, 2.45) is 0 Å². The molecule has 0 aliphatic carbocycles. The fourth-order valence-corrected chi connectivity index (χ4v) is 4.24. The van der Waals surface area contributed by atoms with E-state index >= 15 is 0 Å². The minimum atomic E-state index is -0.000229. The van der Waals surface area contributed by atoms with E-state index in [0.717, 1.165) is 50.1 Å². The summed E-state index contributed by atoms with van der Waals surface area (Å²) in [6, 6.07) is 15.8. The van der Waals surface area contributed by atoms with Gasteiger partial charge in [0.05, 0.1) is 12.2 Å². The summed E-state index contributed by atoms with van der Waals surface area (Å²) in [5.74, 6) is 0.707. The zero-order valence-corrected chi connectivity index (χ0v) is 19.2. The van der Waals surface area contributed by atoms with Crippen LogP contribution in [0.4, 0.5) is 5.69 Å². The van der Waals surface area contributed by atoms with Crippen LogP contribution in [-0.2, 0) is 16.0 Å². The van der Waals surface area contributed by atoms with Crippen LogP contribution < -0.4 is 9.64 Å². The number of amides is 1. The maximum Gasteiger partial charge on any atom is 0.254 e. The molecule has 2 fully saturated rings. The van der Waals surface area contributed by atoms with Crippen LogP contribution in [0.3, 0.4) is 0 Å². The Morgan fingerprint density at radius 1 is 1.00 bits per heavy atom. The molecule has 0 aromatic heterocycles. The first-order valence-electron chi connectivity index (χ1n) is 11.6. The lowest BCUT2D eigenvalue weighted by atomic mass is 10.1. The monoisotopic (exact) mass is 438 g/mol. The second-order valence-corrected chi connectivity index (χ2v) is 8.86. The van der Waals surface area contributed by atoms with E-state index in [9.17, 15) is 4.79 Å². The van der Waals surface area contributed by atoms with Crippen molar-refractivity contribution in [3.05, 3.63) is 59.7 Å². The van der Waals surface area contributed by atoms with Crippen LogP contribution in [0.5, 0.6) is 5.75 Å². The lowest BCUT2D eigenvalue weighted by Gasteiger charge is -2.26. The molecule has 1 amide bonds. The van der Waals surface area contributed by atoms with Gasteiger partial charge in [0.25, 0.3) is 5.91 Å². The molecule has 0 spiro atoms. The molecule has 2 aromatic carbocycles. The summed E-state index contributed by atoms with van der Waals surface area (Å²) in [7, 11) is 4.05. The largest absolute Gasteiger partial charge is 0.491 e. The summed E-state index contributed by atoms with van der Waals surface area (Å²) in [4.78, 5) is 17.5. The molecule has 0 bridgehead atoms. The van der Waals surface area contributed by atoms with Gasteiger partial charge in [-0.05, 0) is 61.6 Å².